The summed E-state index contributed by atoms with van der Waals surface area (Å²) in [6.45, 7) is 2.96. The minimum Gasteiger partial charge on any atom is -0.463 e. The van der Waals surface area contributed by atoms with E-state index >= 15 is 0 Å². The van der Waals surface area contributed by atoms with Crippen LogP contribution in [-0.2, 0) is 33.2 Å². The van der Waals surface area contributed by atoms with Crippen LogP contribution in [0.4, 0.5) is 0 Å². The van der Waals surface area contributed by atoms with Crippen molar-refractivity contribution < 1.29 is 38.3 Å². The fourth-order valence-corrected chi connectivity index (χ4v) is 1.76. The molecule has 102 valence electrons. The van der Waals surface area contributed by atoms with Crippen LogP contribution >= 0.6 is 7.60 Å². The van der Waals surface area contributed by atoms with Gasteiger partial charge in [0.05, 0.1) is 19.8 Å². The van der Waals surface area contributed by atoms with Crippen LogP contribution in [0.3, 0.4) is 0 Å². The molecule has 0 atom stereocenters. The molecule has 0 aliphatic heterocycles. The smallest absolute Gasteiger partial charge is 0.395 e. The van der Waals surface area contributed by atoms with Gasteiger partial charge in [-0.15, -0.1) is 9.35 Å². The Balaban J connectivity index is 4.25. The van der Waals surface area contributed by atoms with Gasteiger partial charge in [-0.2, -0.15) is 0 Å². The Morgan fingerprint density at radius 2 is 1.71 bits per heavy atom. The summed E-state index contributed by atoms with van der Waals surface area (Å²) in [5, 5.41) is 8.44. The molecule has 0 bridgehead atoms. The van der Waals surface area contributed by atoms with Crippen LogP contribution in [0.25, 0.3) is 0 Å². The molecule has 0 aliphatic carbocycles. The Morgan fingerprint density at radius 3 is 2.12 bits per heavy atom. The second-order valence-corrected chi connectivity index (χ2v) is 4.51. The first-order chi connectivity index (χ1) is 8.08. The van der Waals surface area contributed by atoms with Gasteiger partial charge in [-0.25, -0.2) is 9.78 Å². The van der Waals surface area contributed by atoms with E-state index in [9.17, 15) is 9.36 Å². The van der Waals surface area contributed by atoms with Crippen molar-refractivity contribution in [1.29, 1.82) is 0 Å². The fourth-order valence-electron chi connectivity index (χ4n) is 0.694. The second-order valence-electron chi connectivity index (χ2n) is 2.68. The van der Waals surface area contributed by atoms with Crippen molar-refractivity contribution in [3.63, 3.8) is 0 Å². The predicted octanol–water partition coefficient (Wildman–Crippen LogP) is 0.651. The third-order valence-electron chi connectivity index (χ3n) is 1.25. The highest BCUT2D eigenvalue weighted by atomic mass is 31.2. The molecule has 0 rings (SSSR count). The van der Waals surface area contributed by atoms with Crippen LogP contribution in [0, 0.1) is 0 Å². The van der Waals surface area contributed by atoms with Gasteiger partial charge in [-0.05, 0) is 13.8 Å². The Labute approximate surface area is 99.1 Å². The summed E-state index contributed by atoms with van der Waals surface area (Å²) < 4.78 is 25.3. The number of esters is 1. The van der Waals surface area contributed by atoms with E-state index in [-0.39, 0.29) is 26.4 Å². The van der Waals surface area contributed by atoms with E-state index in [4.69, 9.17) is 5.11 Å². The van der Waals surface area contributed by atoms with E-state index in [1.165, 1.54) is 0 Å². The highest BCUT2D eigenvalue weighted by Crippen LogP contribution is 2.48. The van der Waals surface area contributed by atoms with Crippen LogP contribution < -0.4 is 0 Å². The third kappa shape index (κ3) is 8.25. The maximum Gasteiger partial charge on any atom is 0.395 e. The van der Waals surface area contributed by atoms with Crippen molar-refractivity contribution in [2.75, 3.05) is 32.6 Å². The SMILES string of the molecule is CCOOP(=O)(CC(=O)OCCO)OOCC. The summed E-state index contributed by atoms with van der Waals surface area (Å²) in [4.78, 5) is 20.1. The molecule has 17 heavy (non-hydrogen) atoms. The van der Waals surface area contributed by atoms with E-state index in [2.05, 4.69) is 23.9 Å². The summed E-state index contributed by atoms with van der Waals surface area (Å²) in [6.07, 6.45) is -0.660. The molecule has 0 fully saturated rings. The molecule has 0 aromatic carbocycles. The average Bonchev–Trinajstić information content (AvgIpc) is 2.31. The molecule has 0 aliphatic rings. The van der Waals surface area contributed by atoms with Crippen molar-refractivity contribution in [3.8, 4) is 0 Å². The highest BCUT2D eigenvalue weighted by molar-refractivity contribution is 7.54. The molecule has 0 aromatic rings. The van der Waals surface area contributed by atoms with Gasteiger partial charge >= 0.3 is 13.6 Å². The van der Waals surface area contributed by atoms with E-state index in [0.29, 0.717) is 0 Å². The van der Waals surface area contributed by atoms with Gasteiger partial charge < -0.3 is 9.84 Å². The summed E-state index contributed by atoms with van der Waals surface area (Å²) in [5.74, 6) is -0.846. The summed E-state index contributed by atoms with van der Waals surface area (Å²) in [7, 11) is -3.85. The van der Waals surface area contributed by atoms with Gasteiger partial charge in [0.15, 0.2) is 6.16 Å². The van der Waals surface area contributed by atoms with E-state index in [1.807, 2.05) is 0 Å². The molecular formula is C8H17O8P. The van der Waals surface area contributed by atoms with Gasteiger partial charge in [0.25, 0.3) is 0 Å². The van der Waals surface area contributed by atoms with Crippen molar-refractivity contribution in [2.45, 2.75) is 13.8 Å². The largest absolute Gasteiger partial charge is 0.463 e. The molecule has 0 amide bonds. The van der Waals surface area contributed by atoms with Gasteiger partial charge in [0, 0.05) is 0 Å². The van der Waals surface area contributed by atoms with Gasteiger partial charge in [-0.3, -0.25) is 9.36 Å². The van der Waals surface area contributed by atoms with Crippen LogP contribution in [-0.4, -0.2) is 43.7 Å². The second kappa shape index (κ2) is 9.52. The Morgan fingerprint density at radius 1 is 1.18 bits per heavy atom. The maximum atomic E-state index is 11.8. The maximum absolute atomic E-state index is 11.8. The zero-order chi connectivity index (χ0) is 13.1. The number of hydrogen-bond donors (Lipinski definition) is 1. The Hall–Kier alpha value is -0.500. The van der Waals surface area contributed by atoms with Gasteiger partial charge in [-0.1, -0.05) is 0 Å². The first kappa shape index (κ1) is 16.5. The minimum atomic E-state index is -3.85. The number of carbonyl (C=O) groups excluding carboxylic acids is 1. The van der Waals surface area contributed by atoms with Crippen molar-refractivity contribution in [1.82, 2.24) is 0 Å². The zero-order valence-electron chi connectivity index (χ0n) is 9.79. The number of hydrogen-bond acceptors (Lipinski definition) is 8. The lowest BCUT2D eigenvalue weighted by molar-refractivity contribution is -0.263. The average molecular weight is 272 g/mol. The predicted molar refractivity (Wildman–Crippen MR) is 55.9 cm³/mol. The first-order valence-electron chi connectivity index (χ1n) is 5.06. The number of aliphatic hydroxyl groups excluding tert-OH is 1. The minimum absolute atomic E-state index is 0.130. The molecule has 0 unspecified atom stereocenters. The first-order valence-corrected chi connectivity index (χ1v) is 6.78. The normalized spacial score (nSPS) is 11.5. The number of aliphatic hydroxyl groups is 1. The van der Waals surface area contributed by atoms with E-state index in [0.717, 1.165) is 0 Å². The topological polar surface area (TPSA) is 101 Å². The van der Waals surface area contributed by atoms with Crippen LogP contribution in [0.5, 0.6) is 0 Å². The van der Waals surface area contributed by atoms with Crippen molar-refractivity contribution in [3.05, 3.63) is 0 Å². The van der Waals surface area contributed by atoms with Crippen LogP contribution in [0.1, 0.15) is 13.8 Å². The summed E-state index contributed by atoms with van der Waals surface area (Å²) in [5.41, 5.74) is 0. The number of rotatable bonds is 10. The lowest BCUT2D eigenvalue weighted by Gasteiger charge is -2.14. The molecule has 0 saturated heterocycles. The quantitative estimate of drug-likeness (QED) is 0.268. The molecule has 0 heterocycles. The Bertz CT molecular complexity index is 244. The summed E-state index contributed by atoms with van der Waals surface area (Å²) in [6, 6.07) is 0. The number of ether oxygens (including phenoxy) is 1. The highest BCUT2D eigenvalue weighted by Gasteiger charge is 2.32. The molecule has 0 aromatic heterocycles. The summed E-state index contributed by atoms with van der Waals surface area (Å²) >= 11 is 0. The van der Waals surface area contributed by atoms with Gasteiger partial charge in [0.2, 0.25) is 0 Å². The fraction of sp³-hybridized carbons (Fsp3) is 0.875. The lowest BCUT2D eigenvalue weighted by Crippen LogP contribution is -2.15. The van der Waals surface area contributed by atoms with Crippen molar-refractivity contribution >= 4 is 13.6 Å². The van der Waals surface area contributed by atoms with E-state index in [1.54, 1.807) is 13.8 Å². The molecule has 0 radical (unpaired) electrons. The molecule has 0 saturated carbocycles. The molecule has 1 N–H and O–H groups in total. The monoisotopic (exact) mass is 272 g/mol. The molecule has 9 heteroatoms. The molecule has 0 spiro atoms. The standard InChI is InChI=1S/C8H17O8P/c1-3-13-15-17(11,16-14-4-2)7-8(10)12-6-5-9/h9H,3-7H2,1-2H3. The Kier molecular flexibility index (Phi) is 9.24. The molecular weight excluding hydrogens is 255 g/mol. The van der Waals surface area contributed by atoms with Gasteiger partial charge in [0.1, 0.15) is 6.61 Å². The van der Waals surface area contributed by atoms with E-state index < -0.39 is 19.7 Å². The van der Waals surface area contributed by atoms with Crippen LogP contribution in [0.15, 0.2) is 0 Å². The zero-order valence-corrected chi connectivity index (χ0v) is 10.7. The molecule has 8 nitrogen and oxygen atoms in total. The number of carbonyl (C=O) groups is 1. The van der Waals surface area contributed by atoms with Crippen molar-refractivity contribution in [2.24, 2.45) is 0 Å². The van der Waals surface area contributed by atoms with Crippen LogP contribution in [0.2, 0.25) is 0 Å². The third-order valence-corrected chi connectivity index (χ3v) is 2.56. The lowest BCUT2D eigenvalue weighted by atomic mass is 10.7.